The second kappa shape index (κ2) is 11.8. The van der Waals surface area contributed by atoms with Crippen LogP contribution < -0.4 is 5.32 Å². The van der Waals surface area contributed by atoms with Gasteiger partial charge in [0.1, 0.15) is 6.04 Å². The van der Waals surface area contributed by atoms with E-state index in [1.807, 2.05) is 23.6 Å². The van der Waals surface area contributed by atoms with Crippen molar-refractivity contribution in [2.24, 2.45) is 4.99 Å². The quantitative estimate of drug-likeness (QED) is 0.486. The van der Waals surface area contributed by atoms with Crippen molar-refractivity contribution < 1.29 is 24.2 Å². The molecule has 2 atom stereocenters. The number of aliphatic imine (C=N–C) groups is 1. The van der Waals surface area contributed by atoms with Crippen molar-refractivity contribution in [3.05, 3.63) is 62.7 Å². The molecule has 1 saturated heterocycles. The highest BCUT2D eigenvalue weighted by Gasteiger charge is 2.35. The lowest BCUT2D eigenvalue weighted by atomic mass is 9.95. The summed E-state index contributed by atoms with van der Waals surface area (Å²) >= 11 is 7.99. The molecule has 2 aliphatic heterocycles. The molecule has 1 fully saturated rings. The minimum Gasteiger partial charge on any atom is -0.481 e. The Bertz CT molecular complexity index is 1120. The number of carboxylic acids is 1. The summed E-state index contributed by atoms with van der Waals surface area (Å²) in [6.45, 7) is 4.07. The van der Waals surface area contributed by atoms with E-state index in [-0.39, 0.29) is 19.1 Å². The van der Waals surface area contributed by atoms with Crippen molar-refractivity contribution in [1.29, 1.82) is 0 Å². The van der Waals surface area contributed by atoms with Crippen molar-refractivity contribution in [2.45, 2.75) is 31.9 Å². The number of carbonyl (C=O) groups is 2. The Labute approximate surface area is 212 Å². The van der Waals surface area contributed by atoms with Gasteiger partial charge in [0.15, 0.2) is 10.8 Å². The zero-order chi connectivity index (χ0) is 24.8. The van der Waals surface area contributed by atoms with Gasteiger partial charge in [-0.05, 0) is 19.4 Å². The van der Waals surface area contributed by atoms with Crippen molar-refractivity contribution >= 4 is 40.7 Å². The van der Waals surface area contributed by atoms with Crippen LogP contribution in [0.2, 0.25) is 5.02 Å². The van der Waals surface area contributed by atoms with Crippen molar-refractivity contribution in [3.63, 3.8) is 0 Å². The lowest BCUT2D eigenvalue weighted by Crippen LogP contribution is -2.46. The minimum atomic E-state index is -0.848. The Morgan fingerprint density at radius 3 is 2.91 bits per heavy atom. The first kappa shape index (κ1) is 25.3. The number of hydrogen-bond donors (Lipinski definition) is 2. The van der Waals surface area contributed by atoms with E-state index in [2.05, 4.69) is 15.2 Å². The molecule has 0 bridgehead atoms. The number of nitrogens with one attached hydrogen (secondary N) is 1. The van der Waals surface area contributed by atoms with Gasteiger partial charge in [0.05, 0.1) is 24.9 Å². The van der Waals surface area contributed by atoms with Gasteiger partial charge in [0, 0.05) is 53.9 Å². The molecule has 11 heteroatoms. The third-order valence-electron chi connectivity index (χ3n) is 5.74. The summed E-state index contributed by atoms with van der Waals surface area (Å²) in [5.41, 5.74) is 1.76. The van der Waals surface area contributed by atoms with E-state index in [1.54, 1.807) is 19.2 Å². The molecule has 35 heavy (non-hydrogen) atoms. The van der Waals surface area contributed by atoms with E-state index in [0.717, 1.165) is 0 Å². The monoisotopic (exact) mass is 518 g/mol. The maximum Gasteiger partial charge on any atom is 0.338 e. The Kier molecular flexibility index (Phi) is 8.50. The number of nitrogens with zero attached hydrogens (tertiary/aromatic N) is 3. The number of aromatic nitrogens is 1. The summed E-state index contributed by atoms with van der Waals surface area (Å²) in [4.78, 5) is 35.6. The number of rotatable bonds is 9. The van der Waals surface area contributed by atoms with Crippen LogP contribution in [0.15, 0.2) is 52.1 Å². The van der Waals surface area contributed by atoms with E-state index >= 15 is 0 Å². The fourth-order valence-corrected chi connectivity index (χ4v) is 4.97. The van der Waals surface area contributed by atoms with E-state index in [0.29, 0.717) is 65.4 Å². The molecule has 1 aromatic heterocycles. The summed E-state index contributed by atoms with van der Waals surface area (Å²) in [5.74, 6) is -0.750. The number of benzene rings is 1. The first-order valence-corrected chi connectivity index (χ1v) is 12.7. The topological polar surface area (TPSA) is 113 Å². The number of aliphatic carboxylic acids is 1. The second-order valence-corrected chi connectivity index (χ2v) is 9.44. The highest BCUT2D eigenvalue weighted by molar-refractivity contribution is 7.11. The number of morpholine rings is 1. The standard InChI is InChI=1S/C24H27ClN4O5S/c1-2-33-24(32)20-18(14-29-10-11-34-15(13-29)7-8-19(30)31)27-22(23-26-9-12-35-23)28-21(20)16-5-3-4-6-17(16)25/h3-6,9,12,15,21H,2,7-8,10-11,13-14H2,1H3,(H,27,28)(H,30,31)/t15-,21-/m0/s1. The van der Waals surface area contributed by atoms with Gasteiger partial charge in [-0.15, -0.1) is 11.3 Å². The third-order valence-corrected chi connectivity index (χ3v) is 6.86. The summed E-state index contributed by atoms with van der Waals surface area (Å²) < 4.78 is 11.2. The van der Waals surface area contributed by atoms with E-state index in [9.17, 15) is 9.59 Å². The fourth-order valence-electron chi connectivity index (χ4n) is 4.15. The van der Waals surface area contributed by atoms with Gasteiger partial charge in [-0.3, -0.25) is 14.7 Å². The number of thiazole rings is 1. The largest absolute Gasteiger partial charge is 0.481 e. The molecule has 0 aliphatic carbocycles. The van der Waals surface area contributed by atoms with Crippen LogP contribution in [0, 0.1) is 0 Å². The van der Waals surface area contributed by atoms with E-state index in [4.69, 9.17) is 31.2 Å². The molecule has 2 aliphatic rings. The predicted molar refractivity (Wildman–Crippen MR) is 133 cm³/mol. The van der Waals surface area contributed by atoms with Gasteiger partial charge < -0.3 is 19.9 Å². The van der Waals surface area contributed by atoms with Crippen LogP contribution >= 0.6 is 22.9 Å². The SMILES string of the molecule is CCOC(=O)C1=C(CN2CCO[C@@H](CCC(=O)O)C2)NC(c2nccs2)=N[C@H]1c1ccccc1Cl. The van der Waals surface area contributed by atoms with Crippen LogP contribution in [0.4, 0.5) is 0 Å². The van der Waals surface area contributed by atoms with Crippen LogP contribution in [-0.4, -0.2) is 71.7 Å². The average molecular weight is 519 g/mol. The van der Waals surface area contributed by atoms with Gasteiger partial charge in [-0.2, -0.15) is 0 Å². The minimum absolute atomic E-state index is 0.0446. The molecule has 186 valence electrons. The lowest BCUT2D eigenvalue weighted by molar-refractivity contribution is -0.139. The highest BCUT2D eigenvalue weighted by atomic mass is 35.5. The molecule has 4 rings (SSSR count). The van der Waals surface area contributed by atoms with Crippen LogP contribution in [0.25, 0.3) is 0 Å². The number of carboxylic acid groups (broad SMARTS) is 1. The van der Waals surface area contributed by atoms with Crippen molar-refractivity contribution in [3.8, 4) is 0 Å². The van der Waals surface area contributed by atoms with Crippen molar-refractivity contribution in [2.75, 3.05) is 32.8 Å². The number of halogens is 1. The Morgan fingerprint density at radius 2 is 2.20 bits per heavy atom. The van der Waals surface area contributed by atoms with E-state index in [1.165, 1.54) is 11.3 Å². The molecular weight excluding hydrogens is 492 g/mol. The molecule has 0 saturated carbocycles. The van der Waals surface area contributed by atoms with Crippen LogP contribution in [-0.2, 0) is 19.1 Å². The fraction of sp³-hybridized carbons (Fsp3) is 0.417. The summed E-state index contributed by atoms with van der Waals surface area (Å²) in [6.07, 6.45) is 1.98. The number of amidine groups is 1. The van der Waals surface area contributed by atoms with Gasteiger partial charge in [0.25, 0.3) is 0 Å². The number of esters is 1. The summed E-state index contributed by atoms with van der Waals surface area (Å²) in [5, 5.41) is 15.4. The van der Waals surface area contributed by atoms with Gasteiger partial charge >= 0.3 is 11.9 Å². The van der Waals surface area contributed by atoms with Crippen LogP contribution in [0.1, 0.15) is 36.4 Å². The summed E-state index contributed by atoms with van der Waals surface area (Å²) in [7, 11) is 0. The number of carbonyl (C=O) groups excluding carboxylic acids is 1. The molecule has 0 unspecified atom stereocenters. The third kappa shape index (κ3) is 6.26. The average Bonchev–Trinajstić information content (AvgIpc) is 3.38. The van der Waals surface area contributed by atoms with Crippen LogP contribution in [0.5, 0.6) is 0 Å². The Balaban J connectivity index is 1.70. The Hall–Kier alpha value is -2.79. The van der Waals surface area contributed by atoms with Gasteiger partial charge in [-0.1, -0.05) is 29.8 Å². The lowest BCUT2D eigenvalue weighted by Gasteiger charge is -2.35. The number of hydrogen-bond acceptors (Lipinski definition) is 9. The second-order valence-electron chi connectivity index (χ2n) is 8.14. The molecule has 2 aromatic rings. The molecule has 0 spiro atoms. The smallest absolute Gasteiger partial charge is 0.338 e. The van der Waals surface area contributed by atoms with Gasteiger partial charge in [0.2, 0.25) is 0 Å². The first-order valence-electron chi connectivity index (χ1n) is 11.4. The predicted octanol–water partition coefficient (Wildman–Crippen LogP) is 3.27. The molecule has 3 heterocycles. The molecule has 2 N–H and O–H groups in total. The summed E-state index contributed by atoms with van der Waals surface area (Å²) in [6, 6.07) is 6.66. The Morgan fingerprint density at radius 1 is 1.37 bits per heavy atom. The molecule has 1 aromatic carbocycles. The van der Waals surface area contributed by atoms with Gasteiger partial charge in [-0.25, -0.2) is 9.78 Å². The normalized spacial score (nSPS) is 20.8. The zero-order valence-electron chi connectivity index (χ0n) is 19.3. The molecule has 0 radical (unpaired) electrons. The van der Waals surface area contributed by atoms with Crippen LogP contribution in [0.3, 0.4) is 0 Å². The maximum absolute atomic E-state index is 13.2. The zero-order valence-corrected chi connectivity index (χ0v) is 20.8. The highest BCUT2D eigenvalue weighted by Crippen LogP contribution is 2.36. The van der Waals surface area contributed by atoms with E-state index < -0.39 is 18.0 Å². The van der Waals surface area contributed by atoms with Crippen molar-refractivity contribution in [1.82, 2.24) is 15.2 Å². The first-order chi connectivity index (χ1) is 17.0. The molecule has 9 nitrogen and oxygen atoms in total. The maximum atomic E-state index is 13.2. The molecule has 0 amide bonds. The number of ether oxygens (including phenoxy) is 2. The molecular formula is C24H27ClN4O5S.